The van der Waals surface area contributed by atoms with Crippen LogP contribution >= 0.6 is 23.5 Å². The van der Waals surface area contributed by atoms with Crippen molar-refractivity contribution in [1.29, 1.82) is 0 Å². The normalized spacial score (nSPS) is 15.2. The van der Waals surface area contributed by atoms with Crippen LogP contribution in [0.3, 0.4) is 0 Å². The van der Waals surface area contributed by atoms with Crippen LogP contribution in [0, 0.1) is 0 Å². The molecule has 146 valence electrons. The molecule has 4 rings (SSSR count). The third-order valence-electron chi connectivity index (χ3n) is 4.35. The number of hydrogen-bond acceptors (Lipinski definition) is 6. The molecule has 3 aromatic rings. The molecule has 2 aromatic carbocycles. The third-order valence-corrected chi connectivity index (χ3v) is 8.27. The van der Waals surface area contributed by atoms with Gasteiger partial charge in [0.1, 0.15) is 5.58 Å². The van der Waals surface area contributed by atoms with Crippen molar-refractivity contribution in [2.24, 2.45) is 0 Å². The summed E-state index contributed by atoms with van der Waals surface area (Å²) in [7, 11) is -3.33. The quantitative estimate of drug-likeness (QED) is 0.628. The lowest BCUT2D eigenvalue weighted by atomic mass is 10.1. The summed E-state index contributed by atoms with van der Waals surface area (Å²) < 4.78 is 29.9. The van der Waals surface area contributed by atoms with Gasteiger partial charge in [0.25, 0.3) is 5.91 Å². The van der Waals surface area contributed by atoms with Crippen molar-refractivity contribution >= 4 is 55.9 Å². The van der Waals surface area contributed by atoms with Crippen molar-refractivity contribution < 1.29 is 17.6 Å². The van der Waals surface area contributed by atoms with Crippen LogP contribution < -0.4 is 5.32 Å². The van der Waals surface area contributed by atoms with Gasteiger partial charge in [0.2, 0.25) is 0 Å². The average molecular weight is 434 g/mol. The molecule has 1 saturated heterocycles. The van der Waals surface area contributed by atoms with Gasteiger partial charge in [0.05, 0.1) is 10.3 Å². The van der Waals surface area contributed by atoms with E-state index < -0.39 is 15.7 Å². The molecule has 28 heavy (non-hydrogen) atoms. The highest BCUT2D eigenvalue weighted by atomic mass is 32.2. The second-order valence-electron chi connectivity index (χ2n) is 6.63. The van der Waals surface area contributed by atoms with E-state index >= 15 is 0 Å². The number of amides is 1. The highest BCUT2D eigenvalue weighted by Gasteiger charge is 2.24. The van der Waals surface area contributed by atoms with Crippen LogP contribution in [-0.2, 0) is 15.6 Å². The highest BCUT2D eigenvalue weighted by molar-refractivity contribution is 8.19. The maximum Gasteiger partial charge on any atom is 0.291 e. The van der Waals surface area contributed by atoms with Crippen LogP contribution in [-0.4, -0.2) is 32.1 Å². The summed E-state index contributed by atoms with van der Waals surface area (Å²) in [6.07, 6.45) is 1.15. The Morgan fingerprint density at radius 3 is 2.64 bits per heavy atom. The first-order valence-corrected chi connectivity index (χ1v) is 12.9. The molecule has 1 aromatic heterocycles. The molecule has 0 bridgehead atoms. The minimum atomic E-state index is -3.33. The van der Waals surface area contributed by atoms with E-state index in [-0.39, 0.29) is 11.5 Å². The van der Waals surface area contributed by atoms with Crippen molar-refractivity contribution in [3.8, 4) is 0 Å². The lowest BCUT2D eigenvalue weighted by Gasteiger charge is -2.11. The standard InChI is InChI=1S/C20H19NO4S3/c1-28(23,24)12-16-15-7-2-3-8-17(15)25-18(16)19(22)21-14-6-4-5-13(11-14)20-26-9-10-27-20/h2-8,11,20H,9-10,12H2,1H3,(H,21,22). The van der Waals surface area contributed by atoms with E-state index in [9.17, 15) is 13.2 Å². The molecule has 0 aliphatic carbocycles. The minimum Gasteiger partial charge on any atom is -0.451 e. The molecule has 1 N–H and O–H groups in total. The molecule has 5 nitrogen and oxygen atoms in total. The smallest absolute Gasteiger partial charge is 0.291 e. The van der Waals surface area contributed by atoms with Crippen LogP contribution in [0.4, 0.5) is 5.69 Å². The predicted octanol–water partition coefficient (Wildman–Crippen LogP) is 4.71. The topological polar surface area (TPSA) is 76.4 Å². The number of fused-ring (bicyclic) bond motifs is 1. The van der Waals surface area contributed by atoms with E-state index in [0.29, 0.717) is 26.8 Å². The Morgan fingerprint density at radius 2 is 1.89 bits per heavy atom. The number of sulfone groups is 1. The number of benzene rings is 2. The maximum absolute atomic E-state index is 12.9. The Hall–Kier alpha value is -1.90. The van der Waals surface area contributed by atoms with Gasteiger partial charge < -0.3 is 9.73 Å². The van der Waals surface area contributed by atoms with Crippen molar-refractivity contribution in [2.75, 3.05) is 23.1 Å². The Morgan fingerprint density at radius 1 is 1.14 bits per heavy atom. The summed E-state index contributed by atoms with van der Waals surface area (Å²) in [6.45, 7) is 0. The van der Waals surface area contributed by atoms with Crippen LogP contribution in [0.25, 0.3) is 11.0 Å². The molecule has 0 unspecified atom stereocenters. The van der Waals surface area contributed by atoms with E-state index in [1.54, 1.807) is 24.3 Å². The van der Waals surface area contributed by atoms with Crippen LogP contribution in [0.2, 0.25) is 0 Å². The number of thioether (sulfide) groups is 2. The first-order chi connectivity index (χ1) is 13.4. The fourth-order valence-electron chi connectivity index (χ4n) is 3.19. The fourth-order valence-corrected chi connectivity index (χ4v) is 6.84. The van der Waals surface area contributed by atoms with E-state index in [1.807, 2.05) is 41.7 Å². The summed E-state index contributed by atoms with van der Waals surface area (Å²) in [4.78, 5) is 12.9. The summed E-state index contributed by atoms with van der Waals surface area (Å²) in [5.41, 5.74) is 2.72. The van der Waals surface area contributed by atoms with Gasteiger partial charge in [-0.2, -0.15) is 0 Å². The van der Waals surface area contributed by atoms with Gasteiger partial charge in [-0.05, 0) is 23.8 Å². The summed E-state index contributed by atoms with van der Waals surface area (Å²) >= 11 is 3.79. The molecule has 1 aliphatic rings. The first kappa shape index (κ1) is 19.4. The van der Waals surface area contributed by atoms with Gasteiger partial charge in [-0.3, -0.25) is 4.79 Å². The van der Waals surface area contributed by atoms with Gasteiger partial charge in [-0.15, -0.1) is 23.5 Å². The van der Waals surface area contributed by atoms with Crippen molar-refractivity contribution in [3.63, 3.8) is 0 Å². The molecule has 2 heterocycles. The Kier molecular flexibility index (Phi) is 5.44. The Labute approximate surface area is 172 Å². The number of para-hydroxylation sites is 1. The summed E-state index contributed by atoms with van der Waals surface area (Å²) in [6, 6.07) is 14.8. The van der Waals surface area contributed by atoms with E-state index in [2.05, 4.69) is 11.4 Å². The summed E-state index contributed by atoms with van der Waals surface area (Å²) in [5, 5.41) is 3.51. The number of carbonyl (C=O) groups excluding carboxylic acids is 1. The first-order valence-electron chi connectivity index (χ1n) is 8.73. The van der Waals surface area contributed by atoms with Crippen LogP contribution in [0.5, 0.6) is 0 Å². The van der Waals surface area contributed by atoms with E-state index in [1.165, 1.54) is 0 Å². The number of furan rings is 1. The second kappa shape index (κ2) is 7.85. The molecule has 0 saturated carbocycles. The van der Waals surface area contributed by atoms with Crippen LogP contribution in [0.1, 0.15) is 26.3 Å². The molecule has 1 fully saturated rings. The Bertz CT molecular complexity index is 1130. The second-order valence-corrected chi connectivity index (χ2v) is 11.5. The number of carbonyl (C=O) groups is 1. The van der Waals surface area contributed by atoms with Gasteiger partial charge in [-0.25, -0.2) is 8.42 Å². The number of nitrogens with one attached hydrogen (secondary N) is 1. The molecule has 1 amide bonds. The van der Waals surface area contributed by atoms with Gasteiger partial charge in [0, 0.05) is 34.4 Å². The molecular weight excluding hydrogens is 414 g/mol. The molecular formula is C20H19NO4S3. The zero-order valence-electron chi connectivity index (χ0n) is 15.2. The van der Waals surface area contributed by atoms with E-state index in [0.717, 1.165) is 23.3 Å². The molecule has 8 heteroatoms. The molecule has 0 spiro atoms. The zero-order chi connectivity index (χ0) is 19.7. The van der Waals surface area contributed by atoms with E-state index in [4.69, 9.17) is 4.42 Å². The predicted molar refractivity (Wildman–Crippen MR) is 117 cm³/mol. The molecule has 0 radical (unpaired) electrons. The van der Waals surface area contributed by atoms with Crippen LogP contribution in [0.15, 0.2) is 52.9 Å². The van der Waals surface area contributed by atoms with Crippen molar-refractivity contribution in [3.05, 3.63) is 65.4 Å². The molecule has 0 atom stereocenters. The zero-order valence-corrected chi connectivity index (χ0v) is 17.6. The minimum absolute atomic E-state index is 0.0432. The number of rotatable bonds is 5. The monoisotopic (exact) mass is 433 g/mol. The van der Waals surface area contributed by atoms with Crippen molar-refractivity contribution in [1.82, 2.24) is 0 Å². The maximum atomic E-state index is 12.9. The average Bonchev–Trinajstić information content (AvgIpc) is 3.30. The number of hydrogen-bond donors (Lipinski definition) is 1. The van der Waals surface area contributed by atoms with Gasteiger partial charge in [0.15, 0.2) is 15.6 Å². The fraction of sp³-hybridized carbons (Fsp3) is 0.250. The lowest BCUT2D eigenvalue weighted by Crippen LogP contribution is -2.14. The summed E-state index contributed by atoms with van der Waals surface area (Å²) in [5.74, 6) is 1.60. The largest absolute Gasteiger partial charge is 0.451 e. The van der Waals surface area contributed by atoms with Gasteiger partial charge >= 0.3 is 0 Å². The Balaban J connectivity index is 1.66. The lowest BCUT2D eigenvalue weighted by molar-refractivity contribution is 0.0998. The molecule has 1 aliphatic heterocycles. The highest BCUT2D eigenvalue weighted by Crippen LogP contribution is 2.45. The SMILES string of the molecule is CS(=O)(=O)Cc1c(C(=O)Nc2cccc(C3SCCS3)c2)oc2ccccc12. The van der Waals surface area contributed by atoms with Crippen molar-refractivity contribution in [2.45, 2.75) is 10.3 Å². The van der Waals surface area contributed by atoms with Gasteiger partial charge in [-0.1, -0.05) is 30.3 Å². The number of anilines is 1. The third kappa shape index (κ3) is 4.24.